The molecule has 1 aromatic carbocycles. The van der Waals surface area contributed by atoms with Crippen LogP contribution in [0.1, 0.15) is 23.2 Å². The Balaban J connectivity index is 2.06. The van der Waals surface area contributed by atoms with Gasteiger partial charge in [0.25, 0.3) is 5.91 Å². The molecule has 1 unspecified atom stereocenters. The largest absolute Gasteiger partial charge is 0.347 e. The van der Waals surface area contributed by atoms with Gasteiger partial charge in [0.1, 0.15) is 12.6 Å². The van der Waals surface area contributed by atoms with Crippen LogP contribution in [0, 0.1) is 0 Å². The smallest absolute Gasteiger partial charge is 0.256 e. The third-order valence-corrected chi connectivity index (χ3v) is 4.28. The van der Waals surface area contributed by atoms with E-state index in [0.29, 0.717) is 24.2 Å². The van der Waals surface area contributed by atoms with E-state index in [4.69, 9.17) is 0 Å². The Hall–Kier alpha value is -2.37. The van der Waals surface area contributed by atoms with Crippen LogP contribution in [0.3, 0.4) is 0 Å². The van der Waals surface area contributed by atoms with Crippen molar-refractivity contribution in [2.24, 2.45) is 0 Å². The highest BCUT2D eigenvalue weighted by Crippen LogP contribution is 2.32. The summed E-state index contributed by atoms with van der Waals surface area (Å²) >= 11 is 0. The monoisotopic (exact) mass is 301 g/mol. The Labute approximate surface area is 129 Å². The quantitative estimate of drug-likeness (QED) is 0.809. The van der Waals surface area contributed by atoms with Gasteiger partial charge in [0.05, 0.1) is 11.3 Å². The van der Waals surface area contributed by atoms with Crippen LogP contribution >= 0.6 is 0 Å². The van der Waals surface area contributed by atoms with Gasteiger partial charge in [-0.15, -0.1) is 0 Å². The molecule has 2 heterocycles. The Morgan fingerprint density at radius 2 is 2.00 bits per heavy atom. The van der Waals surface area contributed by atoms with E-state index in [2.05, 4.69) is 0 Å². The van der Waals surface area contributed by atoms with Crippen LogP contribution in [0.5, 0.6) is 0 Å². The van der Waals surface area contributed by atoms with E-state index >= 15 is 0 Å². The number of fused-ring (bicyclic) bond motifs is 2. The first kappa shape index (κ1) is 14.6. The van der Waals surface area contributed by atoms with E-state index in [1.54, 1.807) is 43.3 Å². The van der Waals surface area contributed by atoms with Gasteiger partial charge in [-0.3, -0.25) is 14.4 Å². The summed E-state index contributed by atoms with van der Waals surface area (Å²) in [4.78, 5) is 42.2. The van der Waals surface area contributed by atoms with E-state index in [0.717, 1.165) is 6.42 Å². The summed E-state index contributed by atoms with van der Waals surface area (Å²) < 4.78 is 0. The Kier molecular flexibility index (Phi) is 3.60. The van der Waals surface area contributed by atoms with Gasteiger partial charge in [-0.2, -0.15) is 0 Å². The molecule has 0 bridgehead atoms. The lowest BCUT2D eigenvalue weighted by Gasteiger charge is -2.26. The summed E-state index contributed by atoms with van der Waals surface area (Å²) in [6.45, 7) is 0.555. The molecule has 1 fully saturated rings. The average Bonchev–Trinajstić information content (AvgIpc) is 2.97. The summed E-state index contributed by atoms with van der Waals surface area (Å²) in [5, 5.41) is 0. The second-order valence-corrected chi connectivity index (χ2v) is 5.89. The number of likely N-dealkylation sites (N-methyl/N-ethyl adjacent to an activating group) is 1. The van der Waals surface area contributed by atoms with Gasteiger partial charge in [-0.05, 0) is 25.0 Å². The highest BCUT2D eigenvalue weighted by atomic mass is 16.2. The SMILES string of the molecule is CN(C)C(=O)CN1C(=O)C2CCCN2C(=O)c2ccccc21. The highest BCUT2D eigenvalue weighted by molar-refractivity contribution is 6.12. The van der Waals surface area contributed by atoms with Gasteiger partial charge in [0.2, 0.25) is 11.8 Å². The van der Waals surface area contributed by atoms with Gasteiger partial charge in [0.15, 0.2) is 0 Å². The molecule has 0 aliphatic carbocycles. The maximum absolute atomic E-state index is 12.9. The first-order valence-electron chi connectivity index (χ1n) is 7.42. The molecule has 1 aromatic rings. The summed E-state index contributed by atoms with van der Waals surface area (Å²) in [6.07, 6.45) is 1.48. The lowest BCUT2D eigenvalue weighted by atomic mass is 10.1. The van der Waals surface area contributed by atoms with Crippen LogP contribution in [-0.2, 0) is 9.59 Å². The summed E-state index contributed by atoms with van der Waals surface area (Å²) in [5.41, 5.74) is 1.02. The van der Waals surface area contributed by atoms with Gasteiger partial charge in [-0.25, -0.2) is 0 Å². The van der Waals surface area contributed by atoms with Crippen LogP contribution in [0.2, 0.25) is 0 Å². The number of para-hydroxylation sites is 1. The van der Waals surface area contributed by atoms with Gasteiger partial charge >= 0.3 is 0 Å². The van der Waals surface area contributed by atoms with Crippen molar-refractivity contribution in [1.29, 1.82) is 0 Å². The maximum Gasteiger partial charge on any atom is 0.256 e. The number of anilines is 1. The van der Waals surface area contributed by atoms with E-state index in [1.165, 1.54) is 9.80 Å². The van der Waals surface area contributed by atoms with Crippen LogP contribution in [0.15, 0.2) is 24.3 Å². The predicted molar refractivity (Wildman–Crippen MR) is 81.5 cm³/mol. The number of hydrogen-bond acceptors (Lipinski definition) is 3. The van der Waals surface area contributed by atoms with Crippen molar-refractivity contribution in [3.63, 3.8) is 0 Å². The molecule has 3 rings (SSSR count). The second kappa shape index (κ2) is 5.44. The van der Waals surface area contributed by atoms with E-state index in [-0.39, 0.29) is 24.3 Å². The van der Waals surface area contributed by atoms with Crippen molar-refractivity contribution in [3.05, 3.63) is 29.8 Å². The zero-order chi connectivity index (χ0) is 15.9. The molecular formula is C16H19N3O3. The highest BCUT2D eigenvalue weighted by Gasteiger charge is 2.42. The number of carbonyl (C=O) groups is 3. The molecule has 0 radical (unpaired) electrons. The fourth-order valence-corrected chi connectivity index (χ4v) is 3.05. The van der Waals surface area contributed by atoms with Gasteiger partial charge in [0, 0.05) is 20.6 Å². The number of benzene rings is 1. The Morgan fingerprint density at radius 3 is 2.73 bits per heavy atom. The van der Waals surface area contributed by atoms with Crippen LogP contribution in [0.25, 0.3) is 0 Å². The number of nitrogens with zero attached hydrogens (tertiary/aromatic N) is 3. The van der Waals surface area contributed by atoms with E-state index < -0.39 is 6.04 Å². The summed E-state index contributed by atoms with van der Waals surface area (Å²) in [6, 6.07) is 6.57. The lowest BCUT2D eigenvalue weighted by Crippen LogP contribution is -2.47. The van der Waals surface area contributed by atoms with Crippen LogP contribution in [0.4, 0.5) is 5.69 Å². The zero-order valence-corrected chi connectivity index (χ0v) is 12.8. The van der Waals surface area contributed by atoms with Gasteiger partial charge in [-0.1, -0.05) is 12.1 Å². The van der Waals surface area contributed by atoms with E-state index in [9.17, 15) is 14.4 Å². The zero-order valence-electron chi connectivity index (χ0n) is 12.8. The molecule has 116 valence electrons. The molecule has 2 aliphatic heterocycles. The maximum atomic E-state index is 12.9. The molecule has 22 heavy (non-hydrogen) atoms. The molecule has 0 N–H and O–H groups in total. The molecule has 0 aromatic heterocycles. The summed E-state index contributed by atoms with van der Waals surface area (Å²) in [7, 11) is 3.31. The standard InChI is InChI=1S/C16H19N3O3/c1-17(2)14(20)10-19-12-7-4-3-6-11(12)15(21)18-9-5-8-13(18)16(19)22/h3-4,6-7,13H,5,8-10H2,1-2H3. The lowest BCUT2D eigenvalue weighted by molar-refractivity contribution is -0.130. The fourth-order valence-electron chi connectivity index (χ4n) is 3.05. The van der Waals surface area contributed by atoms with E-state index in [1.807, 2.05) is 0 Å². The second-order valence-electron chi connectivity index (χ2n) is 5.89. The molecule has 2 aliphatic rings. The third-order valence-electron chi connectivity index (χ3n) is 4.28. The minimum absolute atomic E-state index is 0.0412. The molecule has 6 heteroatoms. The van der Waals surface area contributed by atoms with Crippen molar-refractivity contribution >= 4 is 23.4 Å². The molecule has 0 saturated carbocycles. The van der Waals surface area contributed by atoms with Crippen molar-refractivity contribution in [1.82, 2.24) is 9.80 Å². The van der Waals surface area contributed by atoms with Crippen molar-refractivity contribution in [2.75, 3.05) is 32.1 Å². The Morgan fingerprint density at radius 1 is 1.27 bits per heavy atom. The molecule has 0 spiro atoms. The molecule has 1 atom stereocenters. The minimum Gasteiger partial charge on any atom is -0.347 e. The number of carbonyl (C=O) groups excluding carboxylic acids is 3. The molecule has 1 saturated heterocycles. The number of rotatable bonds is 2. The van der Waals surface area contributed by atoms with Gasteiger partial charge < -0.3 is 14.7 Å². The van der Waals surface area contributed by atoms with Crippen LogP contribution < -0.4 is 4.90 Å². The molecule has 6 nitrogen and oxygen atoms in total. The topological polar surface area (TPSA) is 60.9 Å². The third kappa shape index (κ3) is 2.24. The number of amides is 3. The normalized spacial score (nSPS) is 20.5. The first-order valence-corrected chi connectivity index (χ1v) is 7.42. The van der Waals surface area contributed by atoms with Crippen molar-refractivity contribution < 1.29 is 14.4 Å². The minimum atomic E-state index is -0.449. The average molecular weight is 301 g/mol. The fraction of sp³-hybridized carbons (Fsp3) is 0.438. The van der Waals surface area contributed by atoms with Crippen molar-refractivity contribution in [2.45, 2.75) is 18.9 Å². The molecular weight excluding hydrogens is 282 g/mol. The predicted octanol–water partition coefficient (Wildman–Crippen LogP) is 0.726. The number of hydrogen-bond donors (Lipinski definition) is 0. The first-order chi connectivity index (χ1) is 10.5. The van der Waals surface area contributed by atoms with Crippen molar-refractivity contribution in [3.8, 4) is 0 Å². The summed E-state index contributed by atoms with van der Waals surface area (Å²) in [5.74, 6) is -0.445. The van der Waals surface area contributed by atoms with Crippen LogP contribution in [-0.4, -0.2) is 60.7 Å². The Bertz CT molecular complexity index is 641. The molecule has 3 amide bonds.